The van der Waals surface area contributed by atoms with Crippen molar-refractivity contribution in [2.75, 3.05) is 25.0 Å². The van der Waals surface area contributed by atoms with Crippen LogP contribution < -0.4 is 16.0 Å². The van der Waals surface area contributed by atoms with E-state index in [0.717, 1.165) is 22.7 Å². The number of carbonyl (C=O) groups excluding carboxylic acids is 3. The van der Waals surface area contributed by atoms with Gasteiger partial charge in [-0.15, -0.1) is 0 Å². The number of rotatable bonds is 7. The van der Waals surface area contributed by atoms with Gasteiger partial charge in [0.15, 0.2) is 5.13 Å². The molecule has 0 unspecified atom stereocenters. The van der Waals surface area contributed by atoms with Crippen LogP contribution in [0.1, 0.15) is 29.1 Å². The lowest BCUT2D eigenvalue weighted by atomic mass is 10.0. The highest BCUT2D eigenvalue weighted by Gasteiger charge is 2.31. The van der Waals surface area contributed by atoms with Gasteiger partial charge >= 0.3 is 0 Å². The van der Waals surface area contributed by atoms with Gasteiger partial charge in [-0.1, -0.05) is 41.7 Å². The largest absolute Gasteiger partial charge is 0.354 e. The molecule has 0 spiro atoms. The fraction of sp³-hybridized carbons (Fsp3) is 0.280. The van der Waals surface area contributed by atoms with E-state index in [0.29, 0.717) is 24.8 Å². The van der Waals surface area contributed by atoms with Crippen LogP contribution in [0.4, 0.5) is 9.52 Å². The molecule has 1 aliphatic heterocycles. The summed E-state index contributed by atoms with van der Waals surface area (Å²) in [5.41, 5.74) is 0.644. The van der Waals surface area contributed by atoms with Crippen LogP contribution in [0, 0.1) is 5.82 Å². The highest BCUT2D eigenvalue weighted by molar-refractivity contribution is 7.16. The van der Waals surface area contributed by atoms with Gasteiger partial charge in [0, 0.05) is 35.6 Å². The van der Waals surface area contributed by atoms with Gasteiger partial charge in [0.2, 0.25) is 5.91 Å². The van der Waals surface area contributed by atoms with Gasteiger partial charge in [0.25, 0.3) is 11.8 Å². The maximum atomic E-state index is 13.2. The lowest BCUT2D eigenvalue weighted by Gasteiger charge is -2.26. The highest BCUT2D eigenvalue weighted by Crippen LogP contribution is 2.32. The maximum absolute atomic E-state index is 13.2. The molecule has 0 saturated carbocycles. The first-order chi connectivity index (χ1) is 16.7. The second kappa shape index (κ2) is 10.3. The average Bonchev–Trinajstić information content (AvgIpc) is 3.21. The third-order valence-corrected chi connectivity index (χ3v) is 6.51. The van der Waals surface area contributed by atoms with E-state index >= 15 is 0 Å². The lowest BCUT2D eigenvalue weighted by Crippen LogP contribution is -2.52. The molecule has 3 aromatic rings. The molecule has 1 saturated heterocycles. The second-order valence-electron chi connectivity index (χ2n) is 8.76. The van der Waals surface area contributed by atoms with Crippen molar-refractivity contribution in [2.24, 2.45) is 0 Å². The Bertz CT molecular complexity index is 1230. The number of halogens is 1. The standard InChI is InChI=1S/C25H26FN5O3S/c1-25(2,30-22(33)17-8-10-18(26)11-9-17)23(34)29-24-28-21(16-6-4-3-5-7-16)19(35-24)14-31-13-12-27-20(32)15-31/h3-11H,12-15H2,1-2H3,(H,27,32)(H,30,33)(H,28,29,34). The van der Waals surface area contributed by atoms with Crippen molar-refractivity contribution >= 4 is 34.2 Å². The van der Waals surface area contributed by atoms with E-state index in [1.807, 2.05) is 35.2 Å². The number of aromatic nitrogens is 1. The van der Waals surface area contributed by atoms with Crippen LogP contribution in [0.2, 0.25) is 0 Å². The molecule has 4 rings (SSSR count). The van der Waals surface area contributed by atoms with Crippen molar-refractivity contribution in [3.8, 4) is 11.3 Å². The van der Waals surface area contributed by atoms with Crippen LogP contribution in [0.5, 0.6) is 0 Å². The molecule has 3 amide bonds. The summed E-state index contributed by atoms with van der Waals surface area (Å²) in [7, 11) is 0. The van der Waals surface area contributed by atoms with Crippen LogP contribution >= 0.6 is 11.3 Å². The smallest absolute Gasteiger partial charge is 0.252 e. The van der Waals surface area contributed by atoms with Crippen LogP contribution in [0.15, 0.2) is 54.6 Å². The molecule has 1 fully saturated rings. The molecule has 3 N–H and O–H groups in total. The summed E-state index contributed by atoms with van der Waals surface area (Å²) in [5, 5.41) is 8.72. The van der Waals surface area contributed by atoms with Gasteiger partial charge in [0.1, 0.15) is 11.4 Å². The van der Waals surface area contributed by atoms with Gasteiger partial charge in [0.05, 0.1) is 12.2 Å². The molecule has 8 nitrogen and oxygen atoms in total. The molecule has 182 valence electrons. The molecular weight excluding hydrogens is 469 g/mol. The van der Waals surface area contributed by atoms with Crippen LogP contribution in [0.25, 0.3) is 11.3 Å². The molecule has 2 aromatic carbocycles. The predicted molar refractivity (Wildman–Crippen MR) is 132 cm³/mol. The number of carbonyl (C=O) groups is 3. The van der Waals surface area contributed by atoms with Gasteiger partial charge in [-0.25, -0.2) is 9.37 Å². The number of nitrogens with zero attached hydrogens (tertiary/aromatic N) is 2. The summed E-state index contributed by atoms with van der Waals surface area (Å²) >= 11 is 1.34. The van der Waals surface area contributed by atoms with E-state index in [4.69, 9.17) is 0 Å². The number of hydrogen-bond acceptors (Lipinski definition) is 6. The summed E-state index contributed by atoms with van der Waals surface area (Å²) in [5.74, 6) is -1.39. The minimum atomic E-state index is -1.25. The summed E-state index contributed by atoms with van der Waals surface area (Å²) in [6.45, 7) is 5.31. The van der Waals surface area contributed by atoms with Crippen LogP contribution in [-0.4, -0.2) is 52.8 Å². The van der Waals surface area contributed by atoms with E-state index < -0.39 is 23.2 Å². The Morgan fingerprint density at radius 3 is 2.54 bits per heavy atom. The van der Waals surface area contributed by atoms with E-state index in [1.54, 1.807) is 13.8 Å². The number of thiazole rings is 1. The van der Waals surface area contributed by atoms with Crippen LogP contribution in [0.3, 0.4) is 0 Å². The van der Waals surface area contributed by atoms with Crippen molar-refractivity contribution in [1.29, 1.82) is 0 Å². The summed E-state index contributed by atoms with van der Waals surface area (Å²) in [6.07, 6.45) is 0. The van der Waals surface area contributed by atoms with Gasteiger partial charge < -0.3 is 10.6 Å². The lowest BCUT2D eigenvalue weighted by molar-refractivity contribution is -0.124. The number of benzene rings is 2. The van der Waals surface area contributed by atoms with Crippen molar-refractivity contribution < 1.29 is 18.8 Å². The van der Waals surface area contributed by atoms with E-state index in [1.165, 1.54) is 35.6 Å². The Balaban J connectivity index is 1.52. The Morgan fingerprint density at radius 1 is 1.14 bits per heavy atom. The van der Waals surface area contributed by atoms with Crippen molar-refractivity contribution in [3.63, 3.8) is 0 Å². The molecule has 2 heterocycles. The monoisotopic (exact) mass is 495 g/mol. The molecule has 0 radical (unpaired) electrons. The zero-order chi connectivity index (χ0) is 25.0. The predicted octanol–water partition coefficient (Wildman–Crippen LogP) is 3.03. The van der Waals surface area contributed by atoms with E-state index in [2.05, 4.69) is 20.9 Å². The molecule has 0 aliphatic carbocycles. The number of anilines is 1. The fourth-order valence-electron chi connectivity index (χ4n) is 3.63. The first kappa shape index (κ1) is 24.5. The summed E-state index contributed by atoms with van der Waals surface area (Å²) < 4.78 is 13.2. The quantitative estimate of drug-likeness (QED) is 0.468. The zero-order valence-corrected chi connectivity index (χ0v) is 20.2. The van der Waals surface area contributed by atoms with Gasteiger partial charge in [-0.2, -0.15) is 0 Å². The molecule has 35 heavy (non-hydrogen) atoms. The third-order valence-electron chi connectivity index (χ3n) is 5.55. The Kier molecular flexibility index (Phi) is 7.23. The second-order valence-corrected chi connectivity index (χ2v) is 9.84. The zero-order valence-electron chi connectivity index (χ0n) is 19.4. The first-order valence-corrected chi connectivity index (χ1v) is 12.0. The highest BCUT2D eigenvalue weighted by atomic mass is 32.1. The SMILES string of the molecule is CC(C)(NC(=O)c1ccc(F)cc1)C(=O)Nc1nc(-c2ccccc2)c(CN2CCNC(=O)C2)s1. The molecule has 1 aromatic heterocycles. The van der Waals surface area contributed by atoms with E-state index in [9.17, 15) is 18.8 Å². The first-order valence-electron chi connectivity index (χ1n) is 11.1. The average molecular weight is 496 g/mol. The van der Waals surface area contributed by atoms with Crippen LogP contribution in [-0.2, 0) is 16.1 Å². The minimum absolute atomic E-state index is 0.0193. The molecule has 1 aliphatic rings. The number of nitrogens with one attached hydrogen (secondary N) is 3. The Hall–Kier alpha value is -3.63. The topological polar surface area (TPSA) is 103 Å². The molecule has 0 atom stereocenters. The number of amides is 3. The van der Waals surface area contributed by atoms with Gasteiger partial charge in [-0.3, -0.25) is 24.6 Å². The molecule has 0 bridgehead atoms. The Labute approximate surface area is 206 Å². The normalized spacial score (nSPS) is 14.3. The summed E-state index contributed by atoms with van der Waals surface area (Å²) in [4.78, 5) is 45.1. The Morgan fingerprint density at radius 2 is 1.86 bits per heavy atom. The molecule has 10 heteroatoms. The van der Waals surface area contributed by atoms with Crippen molar-refractivity contribution in [1.82, 2.24) is 20.5 Å². The summed E-state index contributed by atoms with van der Waals surface area (Å²) in [6, 6.07) is 14.7. The number of piperazine rings is 1. The third kappa shape index (κ3) is 6.09. The van der Waals surface area contributed by atoms with E-state index in [-0.39, 0.29) is 11.5 Å². The van der Waals surface area contributed by atoms with Crippen molar-refractivity contribution in [2.45, 2.75) is 25.9 Å². The minimum Gasteiger partial charge on any atom is -0.354 e. The fourth-order valence-corrected chi connectivity index (χ4v) is 4.65. The number of hydrogen-bond donors (Lipinski definition) is 3. The van der Waals surface area contributed by atoms with Gasteiger partial charge in [-0.05, 0) is 38.1 Å². The maximum Gasteiger partial charge on any atom is 0.252 e. The molecular formula is C25H26FN5O3S. The van der Waals surface area contributed by atoms with Crippen molar-refractivity contribution in [3.05, 3.63) is 70.9 Å².